The standard InChI is InChI=1S/C18H22ClN5O3/c1-3-12(9-14(20)25)22-16(26)13-5-4-8-23(13)17(27)18(6-7-18)24-15(19)11(2)10-21-24/h1,10,12-13H,4-9H2,2H3,(H2,20,25)(H,22,26)/t12?,13-/m0/s1. The monoisotopic (exact) mass is 391 g/mol. The molecule has 2 heterocycles. The number of amides is 3. The van der Waals surface area contributed by atoms with Crippen LogP contribution in [0.25, 0.3) is 0 Å². The normalized spacial score (nSPS) is 21.4. The van der Waals surface area contributed by atoms with E-state index < -0.39 is 23.5 Å². The fourth-order valence-corrected chi connectivity index (χ4v) is 3.77. The summed E-state index contributed by atoms with van der Waals surface area (Å²) in [6, 6.07) is -1.42. The van der Waals surface area contributed by atoms with Crippen LogP contribution in [0.1, 0.15) is 37.7 Å². The number of aryl methyl sites for hydroxylation is 1. The molecular formula is C18H22ClN5O3. The first-order chi connectivity index (χ1) is 12.8. The maximum Gasteiger partial charge on any atom is 0.251 e. The number of terminal acetylenes is 1. The molecule has 2 fully saturated rings. The van der Waals surface area contributed by atoms with Crippen LogP contribution in [0.2, 0.25) is 5.15 Å². The number of nitrogens with zero attached hydrogens (tertiary/aromatic N) is 3. The average Bonchev–Trinajstić information content (AvgIpc) is 3.14. The van der Waals surface area contributed by atoms with Crippen molar-refractivity contribution >= 4 is 29.3 Å². The van der Waals surface area contributed by atoms with Crippen LogP contribution in [-0.4, -0.2) is 51.0 Å². The van der Waals surface area contributed by atoms with Gasteiger partial charge in [0.15, 0.2) is 0 Å². The van der Waals surface area contributed by atoms with Crippen LogP contribution in [0, 0.1) is 19.3 Å². The van der Waals surface area contributed by atoms with Gasteiger partial charge < -0.3 is 16.0 Å². The second kappa shape index (κ2) is 7.24. The summed E-state index contributed by atoms with van der Waals surface area (Å²) in [6.07, 6.45) is 9.35. The third kappa shape index (κ3) is 3.52. The maximum absolute atomic E-state index is 13.3. The average molecular weight is 392 g/mol. The van der Waals surface area contributed by atoms with Crippen LogP contribution in [-0.2, 0) is 19.9 Å². The molecule has 1 saturated carbocycles. The molecule has 1 saturated heterocycles. The number of hydrogen-bond acceptors (Lipinski definition) is 4. The molecule has 3 N–H and O–H groups in total. The van der Waals surface area contributed by atoms with Crippen molar-refractivity contribution in [3.8, 4) is 12.3 Å². The first-order valence-corrected chi connectivity index (χ1v) is 9.24. The molecule has 2 atom stereocenters. The highest BCUT2D eigenvalue weighted by atomic mass is 35.5. The fraction of sp³-hybridized carbons (Fsp3) is 0.556. The molecule has 1 aromatic rings. The molecule has 8 nitrogen and oxygen atoms in total. The van der Waals surface area contributed by atoms with E-state index in [-0.39, 0.29) is 18.2 Å². The van der Waals surface area contributed by atoms with Gasteiger partial charge in [-0.3, -0.25) is 14.4 Å². The molecule has 0 radical (unpaired) electrons. The molecule has 3 amide bonds. The van der Waals surface area contributed by atoms with Crippen molar-refractivity contribution < 1.29 is 14.4 Å². The van der Waals surface area contributed by atoms with Crippen LogP contribution < -0.4 is 11.1 Å². The number of aromatic nitrogens is 2. The highest BCUT2D eigenvalue weighted by Gasteiger charge is 2.57. The fourth-order valence-electron chi connectivity index (χ4n) is 3.52. The molecule has 1 unspecified atom stereocenters. The summed E-state index contributed by atoms with van der Waals surface area (Å²) < 4.78 is 1.57. The van der Waals surface area contributed by atoms with Crippen molar-refractivity contribution in [2.75, 3.05) is 6.54 Å². The van der Waals surface area contributed by atoms with Crippen molar-refractivity contribution in [2.24, 2.45) is 5.73 Å². The first-order valence-electron chi connectivity index (χ1n) is 8.86. The first kappa shape index (κ1) is 19.2. The summed E-state index contributed by atoms with van der Waals surface area (Å²) in [7, 11) is 0. The predicted molar refractivity (Wildman–Crippen MR) is 98.5 cm³/mol. The number of nitrogens with one attached hydrogen (secondary N) is 1. The van der Waals surface area contributed by atoms with Gasteiger partial charge in [-0.25, -0.2) is 4.68 Å². The van der Waals surface area contributed by atoms with Gasteiger partial charge >= 0.3 is 0 Å². The van der Waals surface area contributed by atoms with E-state index in [2.05, 4.69) is 16.3 Å². The van der Waals surface area contributed by atoms with Gasteiger partial charge in [-0.05, 0) is 32.6 Å². The van der Waals surface area contributed by atoms with Crippen LogP contribution in [0.5, 0.6) is 0 Å². The van der Waals surface area contributed by atoms with Gasteiger partial charge in [-0.2, -0.15) is 5.10 Å². The van der Waals surface area contributed by atoms with Gasteiger partial charge in [-0.1, -0.05) is 17.5 Å². The number of nitrogens with two attached hydrogens (primary N) is 1. The second-order valence-electron chi connectivity index (χ2n) is 7.12. The molecule has 0 aromatic carbocycles. The minimum atomic E-state index is -0.813. The topological polar surface area (TPSA) is 110 Å². The zero-order valence-electron chi connectivity index (χ0n) is 15.1. The lowest BCUT2D eigenvalue weighted by Crippen LogP contribution is -2.52. The van der Waals surface area contributed by atoms with Crippen LogP contribution in [0.4, 0.5) is 0 Å². The van der Waals surface area contributed by atoms with E-state index in [1.165, 1.54) is 0 Å². The highest BCUT2D eigenvalue weighted by molar-refractivity contribution is 6.30. The Bertz CT molecular complexity index is 823. The Morgan fingerprint density at radius 1 is 1.52 bits per heavy atom. The molecule has 1 aliphatic carbocycles. The summed E-state index contributed by atoms with van der Waals surface area (Å²) in [4.78, 5) is 38.6. The summed E-state index contributed by atoms with van der Waals surface area (Å²) in [5.41, 5.74) is 5.14. The van der Waals surface area contributed by atoms with Crippen molar-refractivity contribution in [2.45, 2.75) is 56.7 Å². The zero-order chi connectivity index (χ0) is 19.8. The SMILES string of the molecule is C#CC(CC(N)=O)NC(=O)[C@@H]1CCCN1C(=O)C1(n2ncc(C)c2Cl)CC1. The van der Waals surface area contributed by atoms with Gasteiger partial charge in [-0.15, -0.1) is 6.42 Å². The molecule has 9 heteroatoms. The lowest BCUT2D eigenvalue weighted by atomic mass is 10.1. The lowest BCUT2D eigenvalue weighted by Gasteiger charge is -2.29. The number of carbonyl (C=O) groups excluding carboxylic acids is 3. The van der Waals surface area contributed by atoms with Crippen LogP contribution >= 0.6 is 11.6 Å². The number of primary amides is 1. The number of rotatable bonds is 6. The second-order valence-corrected chi connectivity index (χ2v) is 7.47. The van der Waals surface area contributed by atoms with E-state index in [1.54, 1.807) is 15.8 Å². The molecule has 144 valence electrons. The third-order valence-electron chi connectivity index (χ3n) is 5.14. The molecule has 1 aromatic heterocycles. The maximum atomic E-state index is 13.3. The molecular weight excluding hydrogens is 370 g/mol. The van der Waals surface area contributed by atoms with Crippen molar-refractivity contribution in [1.29, 1.82) is 0 Å². The van der Waals surface area contributed by atoms with E-state index in [1.807, 2.05) is 6.92 Å². The van der Waals surface area contributed by atoms with E-state index in [0.29, 0.717) is 37.4 Å². The van der Waals surface area contributed by atoms with Gasteiger partial charge in [0.2, 0.25) is 11.8 Å². The molecule has 0 bridgehead atoms. The van der Waals surface area contributed by atoms with Gasteiger partial charge in [0.05, 0.1) is 18.7 Å². The molecule has 27 heavy (non-hydrogen) atoms. The summed E-state index contributed by atoms with van der Waals surface area (Å²) in [5.74, 6) is 1.22. The van der Waals surface area contributed by atoms with E-state index >= 15 is 0 Å². The Hall–Kier alpha value is -2.53. The van der Waals surface area contributed by atoms with Crippen LogP contribution in [0.3, 0.4) is 0 Å². The third-order valence-corrected chi connectivity index (χ3v) is 5.60. The Morgan fingerprint density at radius 3 is 2.74 bits per heavy atom. The summed E-state index contributed by atoms with van der Waals surface area (Å²) in [6.45, 7) is 2.31. The summed E-state index contributed by atoms with van der Waals surface area (Å²) >= 11 is 6.30. The van der Waals surface area contributed by atoms with Crippen molar-refractivity contribution in [1.82, 2.24) is 20.0 Å². The Labute approximate surface area is 162 Å². The molecule has 0 spiro atoms. The summed E-state index contributed by atoms with van der Waals surface area (Å²) in [5, 5.41) is 7.34. The minimum absolute atomic E-state index is 0.144. The van der Waals surface area contributed by atoms with E-state index in [0.717, 1.165) is 5.56 Å². The molecule has 3 rings (SSSR count). The Balaban J connectivity index is 1.75. The Kier molecular flexibility index (Phi) is 5.16. The molecule has 1 aliphatic heterocycles. The number of halogens is 1. The number of likely N-dealkylation sites (tertiary alicyclic amines) is 1. The van der Waals surface area contributed by atoms with E-state index in [4.69, 9.17) is 23.8 Å². The predicted octanol–water partition coefficient (Wildman–Crippen LogP) is 0.318. The lowest BCUT2D eigenvalue weighted by molar-refractivity contribution is -0.142. The molecule has 2 aliphatic rings. The highest BCUT2D eigenvalue weighted by Crippen LogP contribution is 2.47. The van der Waals surface area contributed by atoms with Crippen molar-refractivity contribution in [3.05, 3.63) is 16.9 Å². The van der Waals surface area contributed by atoms with Crippen molar-refractivity contribution in [3.63, 3.8) is 0 Å². The number of hydrogen-bond donors (Lipinski definition) is 2. The quantitative estimate of drug-likeness (QED) is 0.680. The smallest absolute Gasteiger partial charge is 0.251 e. The number of carbonyl (C=O) groups is 3. The van der Waals surface area contributed by atoms with Gasteiger partial charge in [0.1, 0.15) is 16.7 Å². The van der Waals surface area contributed by atoms with Crippen LogP contribution in [0.15, 0.2) is 6.20 Å². The minimum Gasteiger partial charge on any atom is -0.370 e. The van der Waals surface area contributed by atoms with E-state index in [9.17, 15) is 14.4 Å². The Morgan fingerprint density at radius 2 is 2.22 bits per heavy atom. The van der Waals surface area contributed by atoms with Gasteiger partial charge in [0, 0.05) is 12.1 Å². The zero-order valence-corrected chi connectivity index (χ0v) is 15.8. The largest absolute Gasteiger partial charge is 0.370 e. The van der Waals surface area contributed by atoms with Gasteiger partial charge in [0.25, 0.3) is 5.91 Å².